The third-order valence-corrected chi connectivity index (χ3v) is 4.58. The van der Waals surface area contributed by atoms with Crippen LogP contribution in [0, 0.1) is 5.82 Å². The number of halogens is 1. The van der Waals surface area contributed by atoms with E-state index in [2.05, 4.69) is 10.6 Å². The summed E-state index contributed by atoms with van der Waals surface area (Å²) in [4.78, 5) is 35.0. The van der Waals surface area contributed by atoms with Gasteiger partial charge in [0.15, 0.2) is 0 Å². The van der Waals surface area contributed by atoms with Gasteiger partial charge >= 0.3 is 5.97 Å². The first-order chi connectivity index (χ1) is 13.9. The Morgan fingerprint density at radius 1 is 1.10 bits per heavy atom. The van der Waals surface area contributed by atoms with Gasteiger partial charge in [-0.1, -0.05) is 18.6 Å². The molecule has 0 saturated carbocycles. The maximum atomic E-state index is 13.6. The van der Waals surface area contributed by atoms with E-state index in [-0.39, 0.29) is 18.2 Å². The molecule has 0 spiro atoms. The van der Waals surface area contributed by atoms with Crippen LogP contribution in [0.3, 0.4) is 0 Å². The van der Waals surface area contributed by atoms with Gasteiger partial charge in [-0.25, -0.2) is 4.39 Å². The van der Waals surface area contributed by atoms with E-state index in [0.717, 1.165) is 6.42 Å². The van der Waals surface area contributed by atoms with Crippen molar-refractivity contribution in [3.63, 3.8) is 0 Å². The summed E-state index contributed by atoms with van der Waals surface area (Å²) in [5.41, 5.74) is 2.49. The number of fused-ring (bicyclic) bond motifs is 1. The van der Waals surface area contributed by atoms with E-state index in [4.69, 9.17) is 5.11 Å². The maximum absolute atomic E-state index is 13.6. The van der Waals surface area contributed by atoms with Crippen LogP contribution in [-0.4, -0.2) is 29.4 Å². The Bertz CT molecular complexity index is 985. The Morgan fingerprint density at radius 3 is 2.72 bits per heavy atom. The van der Waals surface area contributed by atoms with Gasteiger partial charge in [0.25, 0.3) is 11.8 Å². The number of anilines is 1. The minimum atomic E-state index is -0.818. The number of hydrogen-bond acceptors (Lipinski definition) is 3. The normalized spacial score (nSPS) is 13.8. The van der Waals surface area contributed by atoms with Crippen molar-refractivity contribution < 1.29 is 23.9 Å². The predicted molar refractivity (Wildman–Crippen MR) is 108 cm³/mol. The molecule has 1 aliphatic rings. The molecular formula is C22H21FN2O4. The van der Waals surface area contributed by atoms with Crippen LogP contribution < -0.4 is 10.6 Å². The molecule has 0 radical (unpaired) electrons. The molecule has 0 atom stereocenters. The molecule has 0 fully saturated rings. The van der Waals surface area contributed by atoms with E-state index in [1.54, 1.807) is 30.3 Å². The van der Waals surface area contributed by atoms with E-state index in [0.29, 0.717) is 47.3 Å². The second kappa shape index (κ2) is 9.14. The average molecular weight is 396 g/mol. The molecule has 2 aromatic rings. The predicted octanol–water partition coefficient (Wildman–Crippen LogP) is 3.69. The first-order valence-electron chi connectivity index (χ1n) is 9.37. The lowest BCUT2D eigenvalue weighted by Crippen LogP contribution is -2.24. The second-order valence-corrected chi connectivity index (χ2v) is 6.79. The number of rotatable bonds is 8. The van der Waals surface area contributed by atoms with E-state index < -0.39 is 11.8 Å². The zero-order valence-electron chi connectivity index (χ0n) is 15.7. The quantitative estimate of drug-likeness (QED) is 0.468. The molecule has 6 nitrogen and oxygen atoms in total. The molecule has 0 saturated heterocycles. The molecular weight excluding hydrogens is 375 g/mol. The van der Waals surface area contributed by atoms with Crippen molar-refractivity contribution >= 4 is 35.1 Å². The minimum Gasteiger partial charge on any atom is -0.481 e. The van der Waals surface area contributed by atoms with Gasteiger partial charge in [-0.3, -0.25) is 14.4 Å². The third kappa shape index (κ3) is 5.28. The number of amides is 2. The van der Waals surface area contributed by atoms with Gasteiger partial charge in [0.2, 0.25) is 0 Å². The van der Waals surface area contributed by atoms with E-state index in [1.807, 2.05) is 0 Å². The Balaban J connectivity index is 1.65. The van der Waals surface area contributed by atoms with Crippen LogP contribution in [0.15, 0.2) is 42.5 Å². The lowest BCUT2D eigenvalue weighted by molar-refractivity contribution is -0.137. The average Bonchev–Trinajstić information content (AvgIpc) is 2.99. The Morgan fingerprint density at radius 2 is 1.93 bits per heavy atom. The summed E-state index contributed by atoms with van der Waals surface area (Å²) in [7, 11) is 0. The molecule has 3 N–H and O–H groups in total. The highest BCUT2D eigenvalue weighted by Crippen LogP contribution is 2.33. The van der Waals surface area contributed by atoms with Crippen LogP contribution in [0.2, 0.25) is 0 Å². The first kappa shape index (κ1) is 20.3. The molecule has 0 unspecified atom stereocenters. The first-order valence-corrected chi connectivity index (χ1v) is 9.37. The molecule has 2 amide bonds. The summed E-state index contributed by atoms with van der Waals surface area (Å²) in [6, 6.07) is 10.9. The second-order valence-electron chi connectivity index (χ2n) is 6.79. The number of nitrogens with one attached hydrogen (secondary N) is 2. The SMILES string of the molecule is O=C(O)CCCCCNC(=O)c1cccc(C=C2C(=O)Nc3ccc(F)cc32)c1. The minimum absolute atomic E-state index is 0.130. The highest BCUT2D eigenvalue weighted by Gasteiger charge is 2.24. The number of carbonyl (C=O) groups excluding carboxylic acids is 2. The Kier molecular flexibility index (Phi) is 6.39. The summed E-state index contributed by atoms with van der Waals surface area (Å²) >= 11 is 0. The van der Waals surface area contributed by atoms with E-state index in [1.165, 1.54) is 18.2 Å². The third-order valence-electron chi connectivity index (χ3n) is 4.58. The van der Waals surface area contributed by atoms with Gasteiger partial charge in [-0.2, -0.15) is 0 Å². The fourth-order valence-corrected chi connectivity index (χ4v) is 3.12. The molecule has 2 aromatic carbocycles. The van der Waals surface area contributed by atoms with Gasteiger partial charge in [-0.15, -0.1) is 0 Å². The lowest BCUT2D eigenvalue weighted by atomic mass is 10.0. The Hall–Kier alpha value is -3.48. The van der Waals surface area contributed by atoms with Gasteiger partial charge in [0, 0.05) is 35.4 Å². The summed E-state index contributed by atoms with van der Waals surface area (Å²) in [6.07, 6.45) is 3.77. The van der Waals surface area contributed by atoms with Gasteiger partial charge in [0.05, 0.1) is 0 Å². The van der Waals surface area contributed by atoms with Crippen LogP contribution in [0.25, 0.3) is 11.6 Å². The highest BCUT2D eigenvalue weighted by atomic mass is 19.1. The van der Waals surface area contributed by atoms with Crippen molar-refractivity contribution in [3.05, 3.63) is 65.0 Å². The van der Waals surface area contributed by atoms with Gasteiger partial charge in [0.1, 0.15) is 5.82 Å². The van der Waals surface area contributed by atoms with Crippen LogP contribution in [-0.2, 0) is 9.59 Å². The fourth-order valence-electron chi connectivity index (χ4n) is 3.12. The van der Waals surface area contributed by atoms with E-state index >= 15 is 0 Å². The number of carboxylic acid groups (broad SMARTS) is 1. The summed E-state index contributed by atoms with van der Waals surface area (Å²) in [5, 5.41) is 14.1. The van der Waals surface area contributed by atoms with Gasteiger partial charge < -0.3 is 15.7 Å². The smallest absolute Gasteiger partial charge is 0.303 e. The van der Waals surface area contributed by atoms with Crippen molar-refractivity contribution in [3.8, 4) is 0 Å². The molecule has 1 heterocycles. The summed E-state index contributed by atoms with van der Waals surface area (Å²) in [5.74, 6) is -1.81. The monoisotopic (exact) mass is 396 g/mol. The highest BCUT2D eigenvalue weighted by molar-refractivity contribution is 6.34. The molecule has 0 aliphatic carbocycles. The van der Waals surface area contributed by atoms with Crippen molar-refractivity contribution in [1.29, 1.82) is 0 Å². The van der Waals surface area contributed by atoms with Gasteiger partial charge in [-0.05, 0) is 54.8 Å². The molecule has 0 aromatic heterocycles. The lowest BCUT2D eigenvalue weighted by Gasteiger charge is -2.06. The maximum Gasteiger partial charge on any atom is 0.303 e. The van der Waals surface area contributed by atoms with Crippen molar-refractivity contribution in [2.45, 2.75) is 25.7 Å². The molecule has 150 valence electrons. The van der Waals surface area contributed by atoms with Crippen molar-refractivity contribution in [2.24, 2.45) is 0 Å². The largest absolute Gasteiger partial charge is 0.481 e. The van der Waals surface area contributed by atoms with Crippen molar-refractivity contribution in [1.82, 2.24) is 5.32 Å². The van der Waals surface area contributed by atoms with Crippen LogP contribution >= 0.6 is 0 Å². The molecule has 0 bridgehead atoms. The van der Waals surface area contributed by atoms with Crippen molar-refractivity contribution in [2.75, 3.05) is 11.9 Å². The van der Waals surface area contributed by atoms with Crippen LogP contribution in [0.1, 0.15) is 47.2 Å². The number of hydrogen-bond donors (Lipinski definition) is 3. The molecule has 3 rings (SSSR count). The van der Waals surface area contributed by atoms with Crippen LogP contribution in [0.4, 0.5) is 10.1 Å². The number of benzene rings is 2. The zero-order valence-corrected chi connectivity index (χ0v) is 15.7. The summed E-state index contributed by atoms with van der Waals surface area (Å²) < 4.78 is 13.6. The summed E-state index contributed by atoms with van der Waals surface area (Å²) in [6.45, 7) is 0.457. The number of unbranched alkanes of at least 4 members (excludes halogenated alkanes) is 2. The fraction of sp³-hybridized carbons (Fsp3) is 0.227. The topological polar surface area (TPSA) is 95.5 Å². The van der Waals surface area contributed by atoms with E-state index in [9.17, 15) is 18.8 Å². The number of aliphatic carboxylic acids is 1. The zero-order chi connectivity index (χ0) is 20.8. The Labute approximate surface area is 167 Å². The number of carboxylic acids is 1. The molecule has 29 heavy (non-hydrogen) atoms. The standard InChI is InChI=1S/C22H21FN2O4/c23-16-8-9-19-17(13-16)18(22(29)25-19)12-14-5-4-6-15(11-14)21(28)24-10-3-1-2-7-20(26)27/h4-6,8-9,11-13H,1-3,7,10H2,(H,24,28)(H,25,29)(H,26,27). The molecule has 7 heteroatoms. The number of carbonyl (C=O) groups is 3. The molecule has 1 aliphatic heterocycles. The van der Waals surface area contributed by atoms with Crippen LogP contribution in [0.5, 0.6) is 0 Å².